The van der Waals surface area contributed by atoms with Crippen molar-refractivity contribution in [2.75, 3.05) is 14.2 Å². The van der Waals surface area contributed by atoms with Crippen molar-refractivity contribution in [3.8, 4) is 11.5 Å². The largest absolute Gasteiger partial charge is 0.506 e. The Morgan fingerprint density at radius 2 is 1.87 bits per heavy atom. The number of rotatable bonds is 6. The van der Waals surface area contributed by atoms with E-state index in [0.717, 1.165) is 5.69 Å². The highest BCUT2D eigenvalue weighted by molar-refractivity contribution is 6.02. The zero-order valence-corrected chi connectivity index (χ0v) is 21.8. The molecular formula is C26H30N2O10. The number of aromatic amines is 1. The zero-order chi connectivity index (χ0) is 27.9. The van der Waals surface area contributed by atoms with E-state index in [4.69, 9.17) is 23.4 Å². The van der Waals surface area contributed by atoms with Crippen LogP contribution in [0.15, 0.2) is 33.5 Å². The first kappa shape index (κ1) is 27.2. The van der Waals surface area contributed by atoms with Gasteiger partial charge in [-0.05, 0) is 52.0 Å². The number of nitrogens with one attached hydrogen (secondary N) is 2. The molecule has 3 aromatic rings. The molecule has 1 amide bonds. The van der Waals surface area contributed by atoms with Crippen LogP contribution in [0.2, 0.25) is 0 Å². The summed E-state index contributed by atoms with van der Waals surface area (Å²) in [5.41, 5.74) is -1.34. The second-order valence-corrected chi connectivity index (χ2v) is 9.54. The lowest BCUT2D eigenvalue weighted by molar-refractivity contribution is -0.305. The third kappa shape index (κ3) is 4.73. The minimum absolute atomic E-state index is 0.0120. The monoisotopic (exact) mass is 530 g/mol. The number of carbonyl (C=O) groups excluding carboxylic acids is 2. The number of aliphatic hydroxyl groups excluding tert-OH is 1. The average molecular weight is 531 g/mol. The molecule has 0 unspecified atom stereocenters. The molecule has 4 rings (SSSR count). The average Bonchev–Trinajstić information content (AvgIpc) is 3.30. The lowest BCUT2D eigenvalue weighted by atomic mass is 9.89. The maximum atomic E-state index is 12.8. The van der Waals surface area contributed by atoms with E-state index in [9.17, 15) is 24.6 Å². The summed E-state index contributed by atoms with van der Waals surface area (Å²) in [4.78, 5) is 40.1. The number of H-pyrrole nitrogens is 1. The summed E-state index contributed by atoms with van der Waals surface area (Å²) >= 11 is 0. The van der Waals surface area contributed by atoms with E-state index in [2.05, 4.69) is 10.3 Å². The van der Waals surface area contributed by atoms with Crippen LogP contribution in [0.3, 0.4) is 0 Å². The predicted molar refractivity (Wildman–Crippen MR) is 133 cm³/mol. The van der Waals surface area contributed by atoms with Crippen molar-refractivity contribution < 1.29 is 43.2 Å². The van der Waals surface area contributed by atoms with Crippen LogP contribution in [0.1, 0.15) is 46.0 Å². The quantitative estimate of drug-likeness (QED) is 0.273. The summed E-state index contributed by atoms with van der Waals surface area (Å²) in [7, 11) is 2.74. The summed E-state index contributed by atoms with van der Waals surface area (Å²) in [6, 6.07) is 6.17. The maximum absolute atomic E-state index is 12.8. The number of amides is 1. The molecule has 204 valence electrons. The Labute approximate surface area is 217 Å². The number of carbonyl (C=O) groups is 2. The molecule has 12 heteroatoms. The van der Waals surface area contributed by atoms with E-state index in [1.807, 2.05) is 0 Å². The number of ether oxygens (including phenoxy) is 4. The predicted octanol–water partition coefficient (Wildman–Crippen LogP) is 1.92. The van der Waals surface area contributed by atoms with Crippen LogP contribution >= 0.6 is 0 Å². The Morgan fingerprint density at radius 3 is 2.47 bits per heavy atom. The van der Waals surface area contributed by atoms with Crippen molar-refractivity contribution in [2.45, 2.75) is 57.9 Å². The third-order valence-corrected chi connectivity index (χ3v) is 6.51. The minimum Gasteiger partial charge on any atom is -0.506 e. The first-order valence-corrected chi connectivity index (χ1v) is 11.8. The number of aromatic hydroxyl groups is 1. The second-order valence-electron chi connectivity index (χ2n) is 9.54. The minimum atomic E-state index is -1.47. The summed E-state index contributed by atoms with van der Waals surface area (Å²) in [5, 5.41) is 24.1. The number of benzene rings is 1. The van der Waals surface area contributed by atoms with Crippen molar-refractivity contribution in [1.29, 1.82) is 0 Å². The van der Waals surface area contributed by atoms with E-state index in [1.54, 1.807) is 39.8 Å². The fourth-order valence-corrected chi connectivity index (χ4v) is 4.56. The highest BCUT2D eigenvalue weighted by Crippen LogP contribution is 2.37. The van der Waals surface area contributed by atoms with Crippen LogP contribution in [0, 0.1) is 13.8 Å². The van der Waals surface area contributed by atoms with Crippen molar-refractivity contribution >= 4 is 22.8 Å². The van der Waals surface area contributed by atoms with Gasteiger partial charge in [0.25, 0.3) is 5.91 Å². The molecule has 1 aliphatic heterocycles. The van der Waals surface area contributed by atoms with E-state index < -0.39 is 59.0 Å². The van der Waals surface area contributed by atoms with Gasteiger partial charge < -0.3 is 43.9 Å². The summed E-state index contributed by atoms with van der Waals surface area (Å²) in [5.74, 6) is -1.85. The highest BCUT2D eigenvalue weighted by Gasteiger charge is 2.53. The lowest BCUT2D eigenvalue weighted by Gasteiger charge is -2.47. The molecule has 4 N–H and O–H groups in total. The highest BCUT2D eigenvalue weighted by atomic mass is 16.7. The van der Waals surface area contributed by atoms with Crippen molar-refractivity contribution in [1.82, 2.24) is 10.3 Å². The van der Waals surface area contributed by atoms with Crippen molar-refractivity contribution in [2.24, 2.45) is 0 Å². The van der Waals surface area contributed by atoms with Crippen molar-refractivity contribution in [3.63, 3.8) is 0 Å². The van der Waals surface area contributed by atoms with Gasteiger partial charge in [0, 0.05) is 25.4 Å². The van der Waals surface area contributed by atoms with E-state index >= 15 is 0 Å². The van der Waals surface area contributed by atoms with E-state index in [0.29, 0.717) is 5.56 Å². The molecule has 0 spiro atoms. The number of aromatic nitrogens is 1. The Kier molecular flexibility index (Phi) is 7.24. The molecule has 0 aliphatic carbocycles. The van der Waals surface area contributed by atoms with Gasteiger partial charge in [0.1, 0.15) is 28.9 Å². The molecule has 1 aliphatic rings. The summed E-state index contributed by atoms with van der Waals surface area (Å²) in [6.45, 7) is 6.77. The van der Waals surface area contributed by atoms with Gasteiger partial charge in [-0.2, -0.15) is 0 Å². The number of esters is 1. The molecule has 38 heavy (non-hydrogen) atoms. The Balaban J connectivity index is 1.67. The number of hydrogen-bond acceptors (Lipinski definition) is 10. The van der Waals surface area contributed by atoms with Gasteiger partial charge in [-0.1, -0.05) is 0 Å². The van der Waals surface area contributed by atoms with Crippen LogP contribution in [0.25, 0.3) is 11.0 Å². The molecule has 12 nitrogen and oxygen atoms in total. The summed E-state index contributed by atoms with van der Waals surface area (Å²) < 4.78 is 28.5. The number of fused-ring (bicyclic) bond motifs is 1. The van der Waals surface area contributed by atoms with Crippen LogP contribution < -0.4 is 15.7 Å². The van der Waals surface area contributed by atoms with Crippen LogP contribution in [0.5, 0.6) is 11.5 Å². The second kappa shape index (κ2) is 10.1. The first-order chi connectivity index (χ1) is 17.9. The molecule has 0 radical (unpaired) electrons. The van der Waals surface area contributed by atoms with Crippen LogP contribution in [-0.2, 0) is 14.2 Å². The number of hydrogen-bond donors (Lipinski definition) is 4. The van der Waals surface area contributed by atoms with Gasteiger partial charge >= 0.3 is 11.6 Å². The standard InChI is InChI=1S/C26H30N2O10/c1-11-7-9-14(28-11)23(32)37-20-18(30)25(38-26(3,4)21(20)34-6)35-15-10-8-13-17(29)16(22(31)27-5)24(33)36-19(13)12(15)2/h7-10,18,20-21,25,28-30H,1-6H3,(H,27,31)/t18-,20+,21+,25-/m1/s1. The van der Waals surface area contributed by atoms with E-state index in [1.165, 1.54) is 26.3 Å². The molecule has 0 saturated carbocycles. The van der Waals surface area contributed by atoms with Gasteiger partial charge in [-0.15, -0.1) is 0 Å². The molecule has 4 atom stereocenters. The van der Waals surface area contributed by atoms with Gasteiger partial charge in [-0.3, -0.25) is 4.79 Å². The Morgan fingerprint density at radius 1 is 1.16 bits per heavy atom. The fourth-order valence-electron chi connectivity index (χ4n) is 4.56. The smallest absolute Gasteiger partial charge is 0.355 e. The SMILES string of the molecule is CNC(=O)c1c(O)c2ccc(O[C@@H]3OC(C)(C)[C@@H](OC)[C@@H](OC(=O)c4ccc(C)[nH]4)[C@H]3O)c(C)c2oc1=O. The number of methoxy groups -OCH3 is 1. The molecule has 3 heterocycles. The lowest BCUT2D eigenvalue weighted by Crippen LogP contribution is -2.65. The van der Waals surface area contributed by atoms with Gasteiger partial charge in [0.05, 0.1) is 11.0 Å². The maximum Gasteiger partial charge on any atom is 0.355 e. The van der Waals surface area contributed by atoms with Crippen LogP contribution in [0.4, 0.5) is 0 Å². The van der Waals surface area contributed by atoms with Gasteiger partial charge in [-0.25, -0.2) is 9.59 Å². The van der Waals surface area contributed by atoms with Gasteiger partial charge in [0.2, 0.25) is 6.29 Å². The first-order valence-electron chi connectivity index (χ1n) is 11.8. The number of aliphatic hydroxyl groups is 1. The molecular weight excluding hydrogens is 500 g/mol. The van der Waals surface area contributed by atoms with Crippen molar-refractivity contribution in [3.05, 3.63) is 57.2 Å². The zero-order valence-electron chi connectivity index (χ0n) is 21.8. The molecule has 1 saturated heterocycles. The third-order valence-electron chi connectivity index (χ3n) is 6.51. The topological polar surface area (TPSA) is 170 Å². The fraction of sp³-hybridized carbons (Fsp3) is 0.423. The van der Waals surface area contributed by atoms with Gasteiger partial charge in [0.15, 0.2) is 17.8 Å². The molecule has 1 aromatic carbocycles. The summed E-state index contributed by atoms with van der Waals surface area (Å²) in [6.07, 6.45) is -4.80. The Bertz CT molecular complexity index is 1440. The number of aryl methyl sites for hydroxylation is 2. The van der Waals surface area contributed by atoms with Crippen LogP contribution in [-0.4, -0.2) is 71.4 Å². The molecule has 1 fully saturated rings. The normalized spacial score (nSPS) is 22.7. The Hall–Kier alpha value is -3.87. The molecule has 0 bridgehead atoms. The molecule has 2 aromatic heterocycles. The van der Waals surface area contributed by atoms with E-state index in [-0.39, 0.29) is 22.4 Å².